The number of anilines is 3. The summed E-state index contributed by atoms with van der Waals surface area (Å²) in [5.41, 5.74) is 1.31. The second kappa shape index (κ2) is 8.53. The Kier molecular flexibility index (Phi) is 5.90. The molecule has 1 amide bonds. The number of amides is 1. The first-order valence-corrected chi connectivity index (χ1v) is 8.87. The third kappa shape index (κ3) is 4.86. The molecule has 1 aromatic carbocycles. The van der Waals surface area contributed by atoms with Crippen LogP contribution in [-0.2, 0) is 4.79 Å². The predicted octanol–water partition coefficient (Wildman–Crippen LogP) is 4.57. The fourth-order valence-electron chi connectivity index (χ4n) is 2.24. The number of benzene rings is 1. The van der Waals surface area contributed by atoms with Crippen molar-refractivity contribution < 1.29 is 9.53 Å². The van der Waals surface area contributed by atoms with Crippen molar-refractivity contribution >= 4 is 34.8 Å². The zero-order valence-corrected chi connectivity index (χ0v) is 16.1. The number of halogens is 1. The number of carbonyl (C=O) groups excluding carboxylic acids is 1. The third-order valence-corrected chi connectivity index (χ3v) is 3.86. The summed E-state index contributed by atoms with van der Waals surface area (Å²) in [6.07, 6.45) is 6.18. The first-order valence-electron chi connectivity index (χ1n) is 8.49. The number of rotatable bonds is 7. The van der Waals surface area contributed by atoms with Crippen molar-refractivity contribution in [3.05, 3.63) is 60.5 Å². The van der Waals surface area contributed by atoms with Gasteiger partial charge in [-0.05, 0) is 32.1 Å². The lowest BCUT2D eigenvalue weighted by Crippen LogP contribution is -2.07. The van der Waals surface area contributed by atoms with E-state index < -0.39 is 0 Å². The summed E-state index contributed by atoms with van der Waals surface area (Å²) in [4.78, 5) is 19.9. The molecule has 0 radical (unpaired) electrons. The Morgan fingerprint density at radius 3 is 2.86 bits per heavy atom. The molecule has 0 aliphatic carbocycles. The van der Waals surface area contributed by atoms with E-state index >= 15 is 0 Å². The number of ether oxygens (including phenoxy) is 1. The lowest BCUT2D eigenvalue weighted by Gasteiger charge is -2.10. The SMILES string of the molecule is C=CC(=O)Nc1cccc(Oc2nc(Nc3cnn(C(C)C)c3)ncc2Cl)c1. The highest BCUT2D eigenvalue weighted by atomic mass is 35.5. The van der Waals surface area contributed by atoms with E-state index in [0.717, 1.165) is 5.69 Å². The number of hydrogen-bond donors (Lipinski definition) is 2. The zero-order valence-electron chi connectivity index (χ0n) is 15.4. The van der Waals surface area contributed by atoms with Gasteiger partial charge >= 0.3 is 0 Å². The number of carbonyl (C=O) groups is 1. The molecular weight excluding hydrogens is 380 g/mol. The summed E-state index contributed by atoms with van der Waals surface area (Å²) in [7, 11) is 0. The first-order chi connectivity index (χ1) is 13.4. The van der Waals surface area contributed by atoms with Crippen LogP contribution in [0.4, 0.5) is 17.3 Å². The smallest absolute Gasteiger partial charge is 0.247 e. The van der Waals surface area contributed by atoms with Crippen molar-refractivity contribution in [2.75, 3.05) is 10.6 Å². The minimum atomic E-state index is -0.314. The van der Waals surface area contributed by atoms with Crippen LogP contribution in [0, 0.1) is 0 Å². The summed E-state index contributed by atoms with van der Waals surface area (Å²) in [5.74, 6) is 0.646. The molecule has 0 unspecified atom stereocenters. The van der Waals surface area contributed by atoms with Crippen LogP contribution in [-0.4, -0.2) is 25.7 Å². The Labute approximate surface area is 167 Å². The van der Waals surface area contributed by atoms with Gasteiger partial charge in [-0.25, -0.2) is 4.98 Å². The van der Waals surface area contributed by atoms with Gasteiger partial charge in [-0.1, -0.05) is 24.2 Å². The molecule has 0 atom stereocenters. The van der Waals surface area contributed by atoms with E-state index in [1.54, 1.807) is 30.5 Å². The molecule has 3 aromatic rings. The molecule has 2 N–H and O–H groups in total. The monoisotopic (exact) mass is 398 g/mol. The normalized spacial score (nSPS) is 10.6. The summed E-state index contributed by atoms with van der Waals surface area (Å²) >= 11 is 6.16. The Balaban J connectivity index is 1.77. The van der Waals surface area contributed by atoms with Crippen LogP contribution in [0.1, 0.15) is 19.9 Å². The van der Waals surface area contributed by atoms with E-state index in [2.05, 4.69) is 32.3 Å². The first kappa shape index (κ1) is 19.4. The summed E-state index contributed by atoms with van der Waals surface area (Å²) in [6.45, 7) is 7.49. The van der Waals surface area contributed by atoms with Gasteiger partial charge in [0.25, 0.3) is 0 Å². The molecule has 0 fully saturated rings. The van der Waals surface area contributed by atoms with E-state index in [4.69, 9.17) is 16.3 Å². The van der Waals surface area contributed by atoms with E-state index in [1.165, 1.54) is 12.3 Å². The molecule has 0 aliphatic heterocycles. The Morgan fingerprint density at radius 2 is 2.14 bits per heavy atom. The van der Waals surface area contributed by atoms with Gasteiger partial charge in [0, 0.05) is 24.0 Å². The maximum absolute atomic E-state index is 11.4. The van der Waals surface area contributed by atoms with Crippen molar-refractivity contribution in [1.29, 1.82) is 0 Å². The maximum atomic E-state index is 11.4. The molecule has 9 heteroatoms. The molecule has 8 nitrogen and oxygen atoms in total. The van der Waals surface area contributed by atoms with E-state index in [0.29, 0.717) is 17.4 Å². The van der Waals surface area contributed by atoms with Crippen molar-refractivity contribution in [1.82, 2.24) is 19.7 Å². The number of nitrogens with one attached hydrogen (secondary N) is 2. The zero-order chi connectivity index (χ0) is 20.1. The average molecular weight is 399 g/mol. The topological polar surface area (TPSA) is 94.0 Å². The van der Waals surface area contributed by atoms with Gasteiger partial charge in [0.2, 0.25) is 17.7 Å². The molecule has 28 heavy (non-hydrogen) atoms. The van der Waals surface area contributed by atoms with Gasteiger partial charge in [0.1, 0.15) is 10.8 Å². The van der Waals surface area contributed by atoms with Crippen LogP contribution in [0.5, 0.6) is 11.6 Å². The molecule has 0 spiro atoms. The molecule has 2 aromatic heterocycles. The summed E-state index contributed by atoms with van der Waals surface area (Å²) < 4.78 is 7.58. The summed E-state index contributed by atoms with van der Waals surface area (Å²) in [5, 5.41) is 10.2. The van der Waals surface area contributed by atoms with Gasteiger partial charge in [-0.3, -0.25) is 9.48 Å². The Bertz CT molecular complexity index is 1000. The average Bonchev–Trinajstić information content (AvgIpc) is 3.13. The van der Waals surface area contributed by atoms with Crippen molar-refractivity contribution in [2.45, 2.75) is 19.9 Å². The number of nitrogens with zero attached hydrogens (tertiary/aromatic N) is 4. The van der Waals surface area contributed by atoms with Crippen LogP contribution in [0.3, 0.4) is 0 Å². The van der Waals surface area contributed by atoms with E-state index in [-0.39, 0.29) is 22.9 Å². The third-order valence-electron chi connectivity index (χ3n) is 3.60. The van der Waals surface area contributed by atoms with Crippen LogP contribution in [0.15, 0.2) is 55.5 Å². The van der Waals surface area contributed by atoms with E-state index in [9.17, 15) is 4.79 Å². The number of hydrogen-bond acceptors (Lipinski definition) is 6. The van der Waals surface area contributed by atoms with Crippen molar-refractivity contribution in [2.24, 2.45) is 0 Å². The minimum Gasteiger partial charge on any atom is -0.437 e. The van der Waals surface area contributed by atoms with Crippen molar-refractivity contribution in [3.63, 3.8) is 0 Å². The Hall–Kier alpha value is -3.39. The molecule has 144 valence electrons. The van der Waals surface area contributed by atoms with Crippen LogP contribution < -0.4 is 15.4 Å². The van der Waals surface area contributed by atoms with Gasteiger partial charge < -0.3 is 15.4 Å². The van der Waals surface area contributed by atoms with Crippen LogP contribution in [0.25, 0.3) is 0 Å². The predicted molar refractivity (Wildman–Crippen MR) is 108 cm³/mol. The second-order valence-corrected chi connectivity index (χ2v) is 6.50. The molecule has 3 rings (SSSR count). The highest BCUT2D eigenvalue weighted by Gasteiger charge is 2.10. The largest absolute Gasteiger partial charge is 0.437 e. The second-order valence-electron chi connectivity index (χ2n) is 6.10. The van der Waals surface area contributed by atoms with Gasteiger partial charge in [-0.15, -0.1) is 0 Å². The molecule has 2 heterocycles. The number of aromatic nitrogens is 4. The lowest BCUT2D eigenvalue weighted by atomic mass is 10.3. The lowest BCUT2D eigenvalue weighted by molar-refractivity contribution is -0.111. The van der Waals surface area contributed by atoms with E-state index in [1.807, 2.05) is 24.7 Å². The highest BCUT2D eigenvalue weighted by molar-refractivity contribution is 6.31. The van der Waals surface area contributed by atoms with Crippen LogP contribution >= 0.6 is 11.6 Å². The standard InChI is InChI=1S/C19H19ClN6O2/c1-4-17(27)23-13-6-5-7-15(8-13)28-18-16(20)10-21-19(25-18)24-14-9-22-26(11-14)12(2)3/h4-12H,1H2,2-3H3,(H,23,27)(H,21,24,25). The van der Waals surface area contributed by atoms with Gasteiger partial charge in [0.05, 0.1) is 18.1 Å². The maximum Gasteiger partial charge on any atom is 0.247 e. The fourth-order valence-corrected chi connectivity index (χ4v) is 2.37. The van der Waals surface area contributed by atoms with Crippen LogP contribution in [0.2, 0.25) is 5.02 Å². The quantitative estimate of drug-likeness (QED) is 0.566. The molecule has 0 aliphatic rings. The summed E-state index contributed by atoms with van der Waals surface area (Å²) in [6, 6.07) is 7.09. The molecule has 0 saturated heterocycles. The minimum absolute atomic E-state index is 0.183. The van der Waals surface area contributed by atoms with Gasteiger partial charge in [0.15, 0.2) is 0 Å². The molecule has 0 saturated carbocycles. The molecular formula is C19H19ClN6O2. The van der Waals surface area contributed by atoms with Crippen molar-refractivity contribution in [3.8, 4) is 11.6 Å². The highest BCUT2D eigenvalue weighted by Crippen LogP contribution is 2.29. The molecule has 0 bridgehead atoms. The Morgan fingerprint density at radius 1 is 1.32 bits per heavy atom. The fraction of sp³-hybridized carbons (Fsp3) is 0.158. The van der Waals surface area contributed by atoms with Gasteiger partial charge in [-0.2, -0.15) is 10.1 Å².